The zero-order valence-corrected chi connectivity index (χ0v) is 16.2. The summed E-state index contributed by atoms with van der Waals surface area (Å²) in [5.74, 6) is -0.795. The van der Waals surface area contributed by atoms with Crippen molar-refractivity contribution < 1.29 is 24.2 Å². The Hall–Kier alpha value is -2.84. The molecule has 2 heterocycles. The summed E-state index contributed by atoms with van der Waals surface area (Å²) in [7, 11) is 0. The van der Waals surface area contributed by atoms with Gasteiger partial charge in [-0.05, 0) is 11.1 Å². The first-order valence-corrected chi connectivity index (χ1v) is 10.3. The van der Waals surface area contributed by atoms with Crippen molar-refractivity contribution in [3.05, 3.63) is 71.8 Å². The number of rotatable bonds is 6. The van der Waals surface area contributed by atoms with E-state index in [4.69, 9.17) is 4.74 Å². The minimum atomic E-state index is -1.10. The van der Waals surface area contributed by atoms with Crippen molar-refractivity contribution in [3.63, 3.8) is 0 Å². The number of nitrogens with one attached hydrogen (secondary N) is 1. The highest BCUT2D eigenvalue weighted by atomic mass is 32.2. The van der Waals surface area contributed by atoms with Crippen molar-refractivity contribution in [2.45, 2.75) is 29.7 Å². The molecule has 0 radical (unpaired) electrons. The highest BCUT2D eigenvalue weighted by Gasteiger charge is 2.57. The first-order chi connectivity index (χ1) is 14.1. The third-order valence-corrected chi connectivity index (χ3v) is 6.48. The van der Waals surface area contributed by atoms with E-state index in [0.717, 1.165) is 11.1 Å². The molecule has 0 spiro atoms. The van der Waals surface area contributed by atoms with Crippen LogP contribution in [0.1, 0.15) is 17.2 Å². The van der Waals surface area contributed by atoms with Crippen LogP contribution in [0.3, 0.4) is 0 Å². The summed E-state index contributed by atoms with van der Waals surface area (Å²) in [6.45, 7) is 0. The van der Waals surface area contributed by atoms with Crippen LogP contribution in [0.5, 0.6) is 0 Å². The molecule has 29 heavy (non-hydrogen) atoms. The minimum Gasteiger partial charge on any atom is -0.451 e. The normalized spacial score (nSPS) is 25.7. The van der Waals surface area contributed by atoms with E-state index in [1.54, 1.807) is 0 Å². The lowest BCUT2D eigenvalue weighted by molar-refractivity contribution is -0.173. The van der Waals surface area contributed by atoms with Crippen molar-refractivity contribution in [2.24, 2.45) is 0 Å². The van der Waals surface area contributed by atoms with Gasteiger partial charge in [-0.3, -0.25) is 9.59 Å². The van der Waals surface area contributed by atoms with E-state index in [1.165, 1.54) is 16.7 Å². The number of thioether (sulfide) groups is 1. The van der Waals surface area contributed by atoms with Gasteiger partial charge in [-0.2, -0.15) is 0 Å². The van der Waals surface area contributed by atoms with Gasteiger partial charge in [0.15, 0.2) is 12.1 Å². The second kappa shape index (κ2) is 8.26. The van der Waals surface area contributed by atoms with Crippen molar-refractivity contribution in [1.29, 1.82) is 0 Å². The predicted molar refractivity (Wildman–Crippen MR) is 107 cm³/mol. The van der Waals surface area contributed by atoms with E-state index in [1.807, 2.05) is 60.7 Å². The Balaban J connectivity index is 1.59. The number of benzene rings is 2. The molecule has 7 nitrogen and oxygen atoms in total. The summed E-state index contributed by atoms with van der Waals surface area (Å²) in [4.78, 5) is 37.6. The largest absolute Gasteiger partial charge is 0.451 e. The molecule has 4 atom stereocenters. The van der Waals surface area contributed by atoms with Crippen molar-refractivity contribution >= 4 is 30.0 Å². The molecule has 2 saturated heterocycles. The van der Waals surface area contributed by atoms with Gasteiger partial charge < -0.3 is 20.1 Å². The van der Waals surface area contributed by atoms with Gasteiger partial charge in [-0.1, -0.05) is 60.7 Å². The summed E-state index contributed by atoms with van der Waals surface area (Å²) in [5.41, 5.74) is 1.58. The van der Waals surface area contributed by atoms with Gasteiger partial charge in [0.25, 0.3) is 0 Å². The minimum absolute atomic E-state index is 0.270. The standard InChI is InChI=1S/C21H20N2O5S/c24-12-22-16-19(26)23-17(15(25)11-29-20(16)23)21(27)28-18(13-7-3-1-4-8-13)14-9-5-2-6-10-14/h1-10,12,15-18,20,25H,11H2,(H,22,24)/t15?,16?,17?,20-/m1/s1. The maximum absolute atomic E-state index is 13.1. The van der Waals surface area contributed by atoms with Gasteiger partial charge >= 0.3 is 5.97 Å². The quantitative estimate of drug-likeness (QED) is 0.419. The lowest BCUT2D eigenvalue weighted by atomic mass is 9.98. The lowest BCUT2D eigenvalue weighted by Gasteiger charge is -2.53. The molecule has 0 aliphatic carbocycles. The Morgan fingerprint density at radius 2 is 1.72 bits per heavy atom. The number of carbonyl (C=O) groups excluding carboxylic acids is 3. The second-order valence-corrected chi connectivity index (χ2v) is 8.03. The second-order valence-electron chi connectivity index (χ2n) is 6.88. The van der Waals surface area contributed by atoms with E-state index < -0.39 is 36.2 Å². The van der Waals surface area contributed by atoms with Crippen molar-refractivity contribution in [2.75, 3.05) is 5.75 Å². The van der Waals surface area contributed by atoms with E-state index in [-0.39, 0.29) is 11.1 Å². The summed E-state index contributed by atoms with van der Waals surface area (Å²) in [5, 5.41) is 12.5. The smallest absolute Gasteiger partial charge is 0.332 e. The van der Waals surface area contributed by atoms with E-state index in [9.17, 15) is 19.5 Å². The molecule has 2 fully saturated rings. The lowest BCUT2D eigenvalue weighted by Crippen LogP contribution is -2.76. The molecule has 0 saturated carbocycles. The highest BCUT2D eigenvalue weighted by molar-refractivity contribution is 8.00. The average Bonchev–Trinajstić information content (AvgIpc) is 2.76. The number of ether oxygens (including phenoxy) is 1. The number of esters is 1. The van der Waals surface area contributed by atoms with E-state index >= 15 is 0 Å². The average molecular weight is 412 g/mol. The SMILES string of the molecule is O=CNC1C(=O)N2C(C(=O)OC(c3ccccc3)c3ccccc3)C(O)CS[C@H]12. The molecule has 2 N–H and O–H groups in total. The van der Waals surface area contributed by atoms with Gasteiger partial charge in [0.2, 0.25) is 12.3 Å². The molecular weight excluding hydrogens is 392 g/mol. The van der Waals surface area contributed by atoms with Crippen LogP contribution in [0, 0.1) is 0 Å². The van der Waals surface area contributed by atoms with Gasteiger partial charge in [0.1, 0.15) is 11.4 Å². The Morgan fingerprint density at radius 1 is 1.14 bits per heavy atom. The third kappa shape index (κ3) is 3.61. The molecular formula is C21H20N2O5S. The molecule has 2 aromatic rings. The number of aliphatic hydroxyl groups excluding tert-OH is 1. The fraction of sp³-hybridized carbons (Fsp3) is 0.286. The third-order valence-electron chi connectivity index (χ3n) is 5.11. The number of aliphatic hydroxyl groups is 1. The Morgan fingerprint density at radius 3 is 2.28 bits per heavy atom. The zero-order valence-electron chi connectivity index (χ0n) is 15.4. The van der Waals surface area contributed by atoms with Crippen LogP contribution < -0.4 is 5.32 Å². The molecule has 0 bridgehead atoms. The fourth-order valence-corrected chi connectivity index (χ4v) is 5.06. The van der Waals surface area contributed by atoms with Crippen molar-refractivity contribution in [3.8, 4) is 0 Å². The van der Waals surface area contributed by atoms with Crippen LogP contribution >= 0.6 is 11.8 Å². The van der Waals surface area contributed by atoms with E-state index in [2.05, 4.69) is 5.32 Å². The fourth-order valence-electron chi connectivity index (χ4n) is 3.70. The molecule has 2 amide bonds. The molecule has 8 heteroatoms. The van der Waals surface area contributed by atoms with Gasteiger partial charge in [-0.15, -0.1) is 11.8 Å². The first kappa shape index (κ1) is 19.5. The molecule has 0 aromatic heterocycles. The summed E-state index contributed by atoms with van der Waals surface area (Å²) in [6, 6.07) is 16.8. The van der Waals surface area contributed by atoms with Crippen LogP contribution in [-0.4, -0.2) is 57.6 Å². The topological polar surface area (TPSA) is 95.9 Å². The van der Waals surface area contributed by atoms with Gasteiger partial charge in [-0.25, -0.2) is 4.79 Å². The highest BCUT2D eigenvalue weighted by Crippen LogP contribution is 2.39. The van der Waals surface area contributed by atoms with Crippen LogP contribution in [-0.2, 0) is 19.1 Å². The predicted octanol–water partition coefficient (Wildman–Crippen LogP) is 1.08. The van der Waals surface area contributed by atoms with Crippen molar-refractivity contribution in [1.82, 2.24) is 10.2 Å². The van der Waals surface area contributed by atoms with Crippen LogP contribution in [0.2, 0.25) is 0 Å². The summed E-state index contributed by atoms with van der Waals surface area (Å²) in [6.07, 6.45) is -1.23. The number of amides is 2. The Labute approximate surface area is 172 Å². The van der Waals surface area contributed by atoms with Crippen LogP contribution in [0.25, 0.3) is 0 Å². The maximum atomic E-state index is 13.1. The number of hydrogen-bond acceptors (Lipinski definition) is 6. The molecule has 2 aliphatic heterocycles. The van der Waals surface area contributed by atoms with Crippen LogP contribution in [0.4, 0.5) is 0 Å². The maximum Gasteiger partial charge on any atom is 0.332 e. The van der Waals surface area contributed by atoms with E-state index in [0.29, 0.717) is 6.41 Å². The summed E-state index contributed by atoms with van der Waals surface area (Å²) < 4.78 is 5.84. The molecule has 4 rings (SSSR count). The number of nitrogens with zero attached hydrogens (tertiary/aromatic N) is 1. The monoisotopic (exact) mass is 412 g/mol. The molecule has 2 aliphatic rings. The first-order valence-electron chi connectivity index (χ1n) is 9.23. The van der Waals surface area contributed by atoms with Gasteiger partial charge in [0, 0.05) is 5.75 Å². The zero-order chi connectivity index (χ0) is 20.4. The molecule has 3 unspecified atom stereocenters. The number of carbonyl (C=O) groups is 3. The number of β-lactam (4-membered cyclic amide) rings is 1. The Bertz CT molecular complexity index is 855. The molecule has 2 aromatic carbocycles. The van der Waals surface area contributed by atoms with Gasteiger partial charge in [0.05, 0.1) is 6.10 Å². The Kier molecular flexibility index (Phi) is 5.55. The number of hydrogen-bond donors (Lipinski definition) is 2. The van der Waals surface area contributed by atoms with Crippen LogP contribution in [0.15, 0.2) is 60.7 Å². The molecule has 150 valence electrons. The number of fused-ring (bicyclic) bond motifs is 1. The summed E-state index contributed by atoms with van der Waals surface area (Å²) >= 11 is 1.33.